The lowest BCUT2D eigenvalue weighted by atomic mass is 10.1. The van der Waals surface area contributed by atoms with Crippen molar-refractivity contribution in [2.24, 2.45) is 0 Å². The number of hydrogen-bond acceptors (Lipinski definition) is 4. The van der Waals surface area contributed by atoms with Gasteiger partial charge in [0.2, 0.25) is 5.91 Å². The zero-order valence-corrected chi connectivity index (χ0v) is 12.7. The number of carbonyl (C=O) groups excluding carboxylic acids is 1. The number of carbonyl (C=O) groups is 2. The molecule has 1 N–H and O–H groups in total. The molecule has 116 valence electrons. The molecule has 0 radical (unpaired) electrons. The fourth-order valence-corrected chi connectivity index (χ4v) is 2.64. The van der Waals surface area contributed by atoms with E-state index < -0.39 is 5.97 Å². The van der Waals surface area contributed by atoms with E-state index in [0.717, 1.165) is 5.69 Å². The van der Waals surface area contributed by atoms with Gasteiger partial charge in [-0.3, -0.25) is 14.5 Å². The standard InChI is InChI=1S/C14H22N4O3/c1-10(2)18-9-15-6-12(18)7-16-4-5-17(8-13(19)20)14(21)11(16)3/h6,9-11H,4-5,7-8H2,1-3H3,(H,19,20)/t11-/m1/s1. The second kappa shape index (κ2) is 6.26. The fraction of sp³-hybridized carbons (Fsp3) is 0.643. The van der Waals surface area contributed by atoms with Crippen molar-refractivity contribution >= 4 is 11.9 Å². The normalized spacial score (nSPS) is 20.3. The number of aromatic nitrogens is 2. The molecule has 1 saturated heterocycles. The van der Waals surface area contributed by atoms with Crippen LogP contribution in [0.5, 0.6) is 0 Å². The summed E-state index contributed by atoms with van der Waals surface area (Å²) in [4.78, 5) is 30.6. The highest BCUT2D eigenvalue weighted by Crippen LogP contribution is 2.17. The highest BCUT2D eigenvalue weighted by atomic mass is 16.4. The predicted molar refractivity (Wildman–Crippen MR) is 76.7 cm³/mol. The minimum Gasteiger partial charge on any atom is -0.480 e. The maximum absolute atomic E-state index is 12.2. The van der Waals surface area contributed by atoms with Crippen LogP contribution in [0.3, 0.4) is 0 Å². The summed E-state index contributed by atoms with van der Waals surface area (Å²) in [5.74, 6) is -1.10. The van der Waals surface area contributed by atoms with Crippen molar-refractivity contribution in [2.75, 3.05) is 19.6 Å². The largest absolute Gasteiger partial charge is 0.480 e. The van der Waals surface area contributed by atoms with Crippen LogP contribution in [0.4, 0.5) is 0 Å². The van der Waals surface area contributed by atoms with E-state index in [0.29, 0.717) is 25.7 Å². The number of piperazine rings is 1. The third-order valence-electron chi connectivity index (χ3n) is 3.87. The number of carboxylic acid groups (broad SMARTS) is 1. The van der Waals surface area contributed by atoms with E-state index in [4.69, 9.17) is 5.11 Å². The highest BCUT2D eigenvalue weighted by molar-refractivity contribution is 5.85. The van der Waals surface area contributed by atoms with Crippen molar-refractivity contribution in [3.63, 3.8) is 0 Å². The number of imidazole rings is 1. The molecule has 1 aromatic heterocycles. The Morgan fingerprint density at radius 3 is 2.81 bits per heavy atom. The molecule has 1 amide bonds. The van der Waals surface area contributed by atoms with Gasteiger partial charge < -0.3 is 14.6 Å². The van der Waals surface area contributed by atoms with E-state index in [-0.39, 0.29) is 18.5 Å². The number of aliphatic carboxylic acids is 1. The number of amides is 1. The second-order valence-corrected chi connectivity index (χ2v) is 5.69. The summed E-state index contributed by atoms with van der Waals surface area (Å²) in [6.45, 7) is 7.54. The molecule has 7 heteroatoms. The zero-order valence-electron chi connectivity index (χ0n) is 12.7. The summed E-state index contributed by atoms with van der Waals surface area (Å²) >= 11 is 0. The van der Waals surface area contributed by atoms with Crippen molar-refractivity contribution in [1.29, 1.82) is 0 Å². The molecular formula is C14H22N4O3. The van der Waals surface area contributed by atoms with E-state index in [1.165, 1.54) is 4.90 Å². The first-order valence-electron chi connectivity index (χ1n) is 7.15. The molecule has 1 aliphatic rings. The first kappa shape index (κ1) is 15.5. The van der Waals surface area contributed by atoms with Crippen molar-refractivity contribution in [1.82, 2.24) is 19.4 Å². The van der Waals surface area contributed by atoms with Crippen molar-refractivity contribution in [3.05, 3.63) is 18.2 Å². The molecule has 1 aliphatic heterocycles. The topological polar surface area (TPSA) is 78.7 Å². The Morgan fingerprint density at radius 2 is 2.19 bits per heavy atom. The maximum Gasteiger partial charge on any atom is 0.323 e. The Kier molecular flexibility index (Phi) is 4.62. The van der Waals surface area contributed by atoms with Crippen LogP contribution in [0.2, 0.25) is 0 Å². The molecule has 0 bridgehead atoms. The number of carboxylic acids is 1. The minimum atomic E-state index is -0.970. The Bertz CT molecular complexity index is 526. The summed E-state index contributed by atoms with van der Waals surface area (Å²) in [5.41, 5.74) is 1.07. The molecule has 0 aromatic carbocycles. The quantitative estimate of drug-likeness (QED) is 0.859. The second-order valence-electron chi connectivity index (χ2n) is 5.69. The number of nitrogens with zero attached hydrogens (tertiary/aromatic N) is 4. The zero-order chi connectivity index (χ0) is 15.6. The van der Waals surface area contributed by atoms with Crippen LogP contribution in [0.1, 0.15) is 32.5 Å². The average Bonchev–Trinajstić information content (AvgIpc) is 2.86. The minimum absolute atomic E-state index is 0.126. The summed E-state index contributed by atoms with van der Waals surface area (Å²) in [7, 11) is 0. The first-order valence-corrected chi connectivity index (χ1v) is 7.15. The van der Waals surface area contributed by atoms with E-state index in [1.807, 2.05) is 13.1 Å². The Labute approximate surface area is 124 Å². The Hall–Kier alpha value is -1.89. The summed E-state index contributed by atoms with van der Waals surface area (Å²) in [5, 5.41) is 8.82. The molecule has 0 aliphatic carbocycles. The van der Waals surface area contributed by atoms with E-state index in [9.17, 15) is 9.59 Å². The molecule has 1 aromatic rings. The molecule has 21 heavy (non-hydrogen) atoms. The molecule has 0 spiro atoms. The molecule has 1 fully saturated rings. The lowest BCUT2D eigenvalue weighted by Gasteiger charge is -2.38. The van der Waals surface area contributed by atoms with E-state index in [1.54, 1.807) is 6.33 Å². The summed E-state index contributed by atoms with van der Waals surface area (Å²) in [6.07, 6.45) is 3.62. The maximum atomic E-state index is 12.2. The van der Waals surface area contributed by atoms with Gasteiger partial charge in [-0.2, -0.15) is 0 Å². The van der Waals surface area contributed by atoms with Gasteiger partial charge >= 0.3 is 5.97 Å². The van der Waals surface area contributed by atoms with Gasteiger partial charge in [0, 0.05) is 31.9 Å². The molecule has 0 saturated carbocycles. The van der Waals surface area contributed by atoms with Gasteiger partial charge in [-0.1, -0.05) is 0 Å². The summed E-state index contributed by atoms with van der Waals surface area (Å²) in [6, 6.07) is 0.00965. The van der Waals surface area contributed by atoms with Crippen LogP contribution in [0.15, 0.2) is 12.5 Å². The molecule has 2 rings (SSSR count). The number of rotatable bonds is 5. The van der Waals surface area contributed by atoms with Gasteiger partial charge in [0.05, 0.1) is 18.1 Å². The van der Waals surface area contributed by atoms with Crippen LogP contribution < -0.4 is 0 Å². The Balaban J connectivity index is 2.04. The van der Waals surface area contributed by atoms with Gasteiger partial charge in [0.15, 0.2) is 0 Å². The lowest BCUT2D eigenvalue weighted by molar-refractivity contribution is -0.150. The summed E-state index contributed by atoms with van der Waals surface area (Å²) < 4.78 is 2.08. The Morgan fingerprint density at radius 1 is 1.48 bits per heavy atom. The van der Waals surface area contributed by atoms with Crippen LogP contribution in [-0.2, 0) is 16.1 Å². The molecule has 1 atom stereocenters. The van der Waals surface area contributed by atoms with Gasteiger partial charge in [-0.25, -0.2) is 4.98 Å². The fourth-order valence-electron chi connectivity index (χ4n) is 2.64. The highest BCUT2D eigenvalue weighted by Gasteiger charge is 2.32. The average molecular weight is 294 g/mol. The van der Waals surface area contributed by atoms with Gasteiger partial charge in [0.1, 0.15) is 6.54 Å². The van der Waals surface area contributed by atoms with Crippen LogP contribution in [0, 0.1) is 0 Å². The van der Waals surface area contributed by atoms with Crippen molar-refractivity contribution in [2.45, 2.75) is 39.4 Å². The third kappa shape index (κ3) is 3.41. The van der Waals surface area contributed by atoms with Gasteiger partial charge in [-0.15, -0.1) is 0 Å². The predicted octanol–water partition coefficient (Wildman–Crippen LogP) is 0.581. The monoisotopic (exact) mass is 294 g/mol. The SMILES string of the molecule is CC(C)n1cncc1CN1CCN(CC(=O)O)C(=O)[C@H]1C. The lowest BCUT2D eigenvalue weighted by Crippen LogP contribution is -2.56. The number of hydrogen-bond donors (Lipinski definition) is 1. The van der Waals surface area contributed by atoms with Crippen molar-refractivity contribution in [3.8, 4) is 0 Å². The molecule has 2 heterocycles. The van der Waals surface area contributed by atoms with Crippen LogP contribution >= 0.6 is 0 Å². The third-order valence-corrected chi connectivity index (χ3v) is 3.87. The smallest absolute Gasteiger partial charge is 0.323 e. The molecular weight excluding hydrogens is 272 g/mol. The van der Waals surface area contributed by atoms with Gasteiger partial charge in [-0.05, 0) is 20.8 Å². The van der Waals surface area contributed by atoms with E-state index in [2.05, 4.69) is 28.3 Å². The van der Waals surface area contributed by atoms with E-state index >= 15 is 0 Å². The van der Waals surface area contributed by atoms with Crippen molar-refractivity contribution < 1.29 is 14.7 Å². The van der Waals surface area contributed by atoms with Gasteiger partial charge in [0.25, 0.3) is 0 Å². The van der Waals surface area contributed by atoms with Crippen LogP contribution in [0.25, 0.3) is 0 Å². The molecule has 0 unspecified atom stereocenters. The van der Waals surface area contributed by atoms with Crippen LogP contribution in [-0.4, -0.2) is 62.0 Å². The molecule has 7 nitrogen and oxygen atoms in total. The first-order chi connectivity index (χ1) is 9.90.